The SMILES string of the molecule is O=C(O)c1csc(S(=O)(=O)Nc2ccc(CO)cc2)c1. The van der Waals surface area contributed by atoms with Crippen LogP contribution < -0.4 is 4.72 Å². The normalized spacial score (nSPS) is 11.2. The zero-order chi connectivity index (χ0) is 14.8. The zero-order valence-corrected chi connectivity index (χ0v) is 11.7. The number of carboxylic acids is 1. The summed E-state index contributed by atoms with van der Waals surface area (Å²) in [4.78, 5) is 10.7. The van der Waals surface area contributed by atoms with Crippen LogP contribution >= 0.6 is 11.3 Å². The average molecular weight is 313 g/mol. The van der Waals surface area contributed by atoms with Crippen LogP contribution in [0.1, 0.15) is 15.9 Å². The molecule has 2 aromatic rings. The zero-order valence-electron chi connectivity index (χ0n) is 10.1. The van der Waals surface area contributed by atoms with Crippen molar-refractivity contribution in [3.05, 3.63) is 46.8 Å². The van der Waals surface area contributed by atoms with Crippen molar-refractivity contribution in [2.24, 2.45) is 0 Å². The fraction of sp³-hybridized carbons (Fsp3) is 0.0833. The number of rotatable bonds is 5. The van der Waals surface area contributed by atoms with Gasteiger partial charge >= 0.3 is 5.97 Å². The molecule has 0 aliphatic rings. The molecule has 0 spiro atoms. The third-order valence-electron chi connectivity index (χ3n) is 2.48. The number of thiophene rings is 1. The number of benzene rings is 1. The van der Waals surface area contributed by atoms with E-state index < -0.39 is 16.0 Å². The number of carboxylic acid groups (broad SMARTS) is 1. The van der Waals surface area contributed by atoms with Crippen LogP contribution in [0.2, 0.25) is 0 Å². The maximum absolute atomic E-state index is 12.0. The minimum Gasteiger partial charge on any atom is -0.478 e. The molecule has 1 heterocycles. The van der Waals surface area contributed by atoms with Gasteiger partial charge in [0, 0.05) is 11.1 Å². The second-order valence-electron chi connectivity index (χ2n) is 3.92. The topological polar surface area (TPSA) is 104 Å². The summed E-state index contributed by atoms with van der Waals surface area (Å²) in [5.41, 5.74) is 0.940. The van der Waals surface area contributed by atoms with E-state index in [0.29, 0.717) is 11.3 Å². The largest absolute Gasteiger partial charge is 0.478 e. The van der Waals surface area contributed by atoms with Gasteiger partial charge in [0.1, 0.15) is 4.21 Å². The maximum atomic E-state index is 12.0. The summed E-state index contributed by atoms with van der Waals surface area (Å²) < 4.78 is 26.4. The smallest absolute Gasteiger partial charge is 0.336 e. The minimum absolute atomic E-state index is 0.0639. The molecule has 106 valence electrons. The van der Waals surface area contributed by atoms with E-state index >= 15 is 0 Å². The van der Waals surface area contributed by atoms with Crippen molar-refractivity contribution in [3.8, 4) is 0 Å². The first-order valence-corrected chi connectivity index (χ1v) is 7.83. The van der Waals surface area contributed by atoms with Crippen molar-refractivity contribution in [3.63, 3.8) is 0 Å². The van der Waals surface area contributed by atoms with E-state index in [-0.39, 0.29) is 16.4 Å². The number of aliphatic hydroxyl groups excluding tert-OH is 1. The summed E-state index contributed by atoms with van der Waals surface area (Å²) in [5, 5.41) is 18.9. The minimum atomic E-state index is -3.80. The summed E-state index contributed by atoms with van der Waals surface area (Å²) in [7, 11) is -3.80. The van der Waals surface area contributed by atoms with Gasteiger partial charge in [0.2, 0.25) is 0 Å². The third-order valence-corrected chi connectivity index (χ3v) is 5.30. The van der Waals surface area contributed by atoms with Gasteiger partial charge in [-0.3, -0.25) is 4.72 Å². The Balaban J connectivity index is 2.23. The highest BCUT2D eigenvalue weighted by atomic mass is 32.2. The standard InChI is InChI=1S/C12H11NO5S2/c14-6-8-1-3-10(4-2-8)13-20(17,18)11-5-9(7-19-11)12(15)16/h1-5,7,13-14H,6H2,(H,15,16). The van der Waals surface area contributed by atoms with Gasteiger partial charge in [0.05, 0.1) is 12.2 Å². The molecule has 0 bridgehead atoms. The quantitative estimate of drug-likeness (QED) is 0.780. The summed E-state index contributed by atoms with van der Waals surface area (Å²) in [5.74, 6) is -1.17. The number of carbonyl (C=O) groups is 1. The molecule has 1 aromatic heterocycles. The first kappa shape index (κ1) is 14.5. The molecule has 20 heavy (non-hydrogen) atoms. The molecule has 6 nitrogen and oxygen atoms in total. The van der Waals surface area contributed by atoms with E-state index in [1.165, 1.54) is 17.5 Å². The molecular weight excluding hydrogens is 302 g/mol. The molecular formula is C12H11NO5S2. The first-order valence-electron chi connectivity index (χ1n) is 5.47. The van der Waals surface area contributed by atoms with E-state index in [1.807, 2.05) is 0 Å². The fourth-order valence-electron chi connectivity index (χ4n) is 1.45. The lowest BCUT2D eigenvalue weighted by molar-refractivity contribution is 0.0697. The van der Waals surface area contributed by atoms with Crippen molar-refractivity contribution >= 4 is 33.0 Å². The van der Waals surface area contributed by atoms with Gasteiger partial charge in [-0.25, -0.2) is 13.2 Å². The Kier molecular flexibility index (Phi) is 4.07. The van der Waals surface area contributed by atoms with Gasteiger partial charge in [-0.2, -0.15) is 0 Å². The third kappa shape index (κ3) is 3.16. The molecule has 0 saturated heterocycles. The van der Waals surface area contributed by atoms with Crippen LogP contribution in [0.5, 0.6) is 0 Å². The van der Waals surface area contributed by atoms with Crippen LogP contribution in [0, 0.1) is 0 Å². The highest BCUT2D eigenvalue weighted by Gasteiger charge is 2.18. The van der Waals surface area contributed by atoms with E-state index in [0.717, 1.165) is 17.4 Å². The molecule has 8 heteroatoms. The maximum Gasteiger partial charge on any atom is 0.336 e. The highest BCUT2D eigenvalue weighted by Crippen LogP contribution is 2.23. The highest BCUT2D eigenvalue weighted by molar-refractivity contribution is 7.94. The first-order chi connectivity index (χ1) is 9.42. The van der Waals surface area contributed by atoms with E-state index in [1.54, 1.807) is 12.1 Å². The van der Waals surface area contributed by atoms with Gasteiger partial charge in [-0.05, 0) is 23.8 Å². The Labute approximate surface area is 119 Å². The molecule has 0 atom stereocenters. The average Bonchev–Trinajstić information content (AvgIpc) is 2.90. The number of hydrogen-bond donors (Lipinski definition) is 3. The van der Waals surface area contributed by atoms with Crippen LogP contribution in [0.25, 0.3) is 0 Å². The van der Waals surface area contributed by atoms with Crippen molar-refractivity contribution in [1.29, 1.82) is 0 Å². The summed E-state index contributed by atoms with van der Waals surface area (Å²) in [6.07, 6.45) is 0. The molecule has 0 unspecified atom stereocenters. The van der Waals surface area contributed by atoms with Gasteiger partial charge < -0.3 is 10.2 Å². The number of nitrogens with one attached hydrogen (secondary N) is 1. The lowest BCUT2D eigenvalue weighted by Crippen LogP contribution is -2.11. The monoisotopic (exact) mass is 313 g/mol. The summed E-state index contributed by atoms with van der Waals surface area (Å²) in [6, 6.07) is 7.34. The molecule has 0 amide bonds. The Morgan fingerprint density at radius 1 is 1.25 bits per heavy atom. The molecule has 0 aliphatic carbocycles. The Morgan fingerprint density at radius 3 is 2.40 bits per heavy atom. The number of aliphatic hydroxyl groups is 1. The van der Waals surface area contributed by atoms with Crippen LogP contribution in [0.3, 0.4) is 0 Å². The van der Waals surface area contributed by atoms with Crippen LogP contribution in [0.4, 0.5) is 5.69 Å². The Bertz CT molecular complexity index is 719. The lowest BCUT2D eigenvalue weighted by Gasteiger charge is -2.06. The molecule has 0 radical (unpaired) electrons. The summed E-state index contributed by atoms with van der Waals surface area (Å²) in [6.45, 7) is -0.125. The predicted octanol–water partition coefficient (Wildman–Crippen LogP) is 1.74. The molecule has 0 fully saturated rings. The molecule has 0 aliphatic heterocycles. The lowest BCUT2D eigenvalue weighted by atomic mass is 10.2. The van der Waals surface area contributed by atoms with E-state index in [4.69, 9.17) is 10.2 Å². The van der Waals surface area contributed by atoms with Crippen LogP contribution in [0.15, 0.2) is 39.9 Å². The molecule has 1 aromatic carbocycles. The van der Waals surface area contributed by atoms with Gasteiger partial charge in [0.25, 0.3) is 10.0 Å². The Morgan fingerprint density at radius 2 is 1.90 bits per heavy atom. The van der Waals surface area contributed by atoms with Crippen LogP contribution in [-0.2, 0) is 16.6 Å². The van der Waals surface area contributed by atoms with Crippen molar-refractivity contribution in [2.45, 2.75) is 10.8 Å². The number of anilines is 1. The molecule has 2 rings (SSSR count). The van der Waals surface area contributed by atoms with Crippen molar-refractivity contribution < 1.29 is 23.4 Å². The predicted molar refractivity (Wildman–Crippen MR) is 74.5 cm³/mol. The second-order valence-corrected chi connectivity index (χ2v) is 6.74. The number of sulfonamides is 1. The fourth-order valence-corrected chi connectivity index (χ4v) is 3.67. The van der Waals surface area contributed by atoms with Gasteiger partial charge in [-0.15, -0.1) is 11.3 Å². The van der Waals surface area contributed by atoms with Gasteiger partial charge in [0.15, 0.2) is 0 Å². The van der Waals surface area contributed by atoms with Crippen molar-refractivity contribution in [1.82, 2.24) is 0 Å². The van der Waals surface area contributed by atoms with Crippen molar-refractivity contribution in [2.75, 3.05) is 4.72 Å². The number of aromatic carboxylic acids is 1. The molecule has 0 saturated carbocycles. The summed E-state index contributed by atoms with van der Waals surface area (Å²) >= 11 is 0.840. The number of hydrogen-bond acceptors (Lipinski definition) is 5. The van der Waals surface area contributed by atoms with Crippen LogP contribution in [-0.4, -0.2) is 24.6 Å². The van der Waals surface area contributed by atoms with E-state index in [2.05, 4.69) is 4.72 Å². The Hall–Kier alpha value is -1.90. The molecule has 3 N–H and O–H groups in total. The second kappa shape index (κ2) is 5.61. The van der Waals surface area contributed by atoms with Gasteiger partial charge in [-0.1, -0.05) is 12.1 Å². The van der Waals surface area contributed by atoms with E-state index in [9.17, 15) is 13.2 Å².